The van der Waals surface area contributed by atoms with Crippen LogP contribution in [-0.4, -0.2) is 24.1 Å². The SMILES string of the molecule is CC(CCNCC1CCCS1)c1ccccc1. The van der Waals surface area contributed by atoms with Crippen molar-refractivity contribution in [3.05, 3.63) is 35.9 Å². The van der Waals surface area contributed by atoms with Crippen LogP contribution in [0.2, 0.25) is 0 Å². The zero-order valence-electron chi connectivity index (χ0n) is 10.7. The summed E-state index contributed by atoms with van der Waals surface area (Å²) < 4.78 is 0. The predicted molar refractivity (Wildman–Crippen MR) is 77.8 cm³/mol. The zero-order chi connectivity index (χ0) is 11.9. The summed E-state index contributed by atoms with van der Waals surface area (Å²) in [6.07, 6.45) is 4.06. The molecule has 2 rings (SSSR count). The number of thioether (sulfide) groups is 1. The average molecular weight is 249 g/mol. The maximum Gasteiger partial charge on any atom is 0.0172 e. The van der Waals surface area contributed by atoms with E-state index in [4.69, 9.17) is 0 Å². The first-order valence-corrected chi connectivity index (χ1v) is 7.78. The molecule has 2 heteroatoms. The standard InChI is InChI=1S/C15H23NS/c1-13(14-6-3-2-4-7-14)9-10-16-12-15-8-5-11-17-15/h2-4,6-7,13,15-16H,5,8-12H2,1H3. The highest BCUT2D eigenvalue weighted by atomic mass is 32.2. The molecule has 1 N–H and O–H groups in total. The van der Waals surface area contributed by atoms with Gasteiger partial charge in [0.1, 0.15) is 0 Å². The lowest BCUT2D eigenvalue weighted by Crippen LogP contribution is -2.24. The Morgan fingerprint density at radius 3 is 2.88 bits per heavy atom. The molecule has 0 saturated carbocycles. The van der Waals surface area contributed by atoms with E-state index in [2.05, 4.69) is 54.3 Å². The summed E-state index contributed by atoms with van der Waals surface area (Å²) in [7, 11) is 0. The van der Waals surface area contributed by atoms with E-state index in [9.17, 15) is 0 Å². The van der Waals surface area contributed by atoms with Crippen molar-refractivity contribution in [1.29, 1.82) is 0 Å². The van der Waals surface area contributed by atoms with Crippen LogP contribution in [0, 0.1) is 0 Å². The highest BCUT2D eigenvalue weighted by Gasteiger charge is 2.14. The maximum atomic E-state index is 3.61. The van der Waals surface area contributed by atoms with E-state index in [0.717, 1.165) is 11.8 Å². The van der Waals surface area contributed by atoms with Gasteiger partial charge in [0.15, 0.2) is 0 Å². The fourth-order valence-corrected chi connectivity index (χ4v) is 3.57. The van der Waals surface area contributed by atoms with Crippen molar-refractivity contribution in [2.45, 2.75) is 37.4 Å². The summed E-state index contributed by atoms with van der Waals surface area (Å²) in [6.45, 7) is 4.67. The van der Waals surface area contributed by atoms with E-state index in [-0.39, 0.29) is 0 Å². The fraction of sp³-hybridized carbons (Fsp3) is 0.600. The molecule has 0 radical (unpaired) electrons. The number of hydrogen-bond donors (Lipinski definition) is 1. The summed E-state index contributed by atoms with van der Waals surface area (Å²) >= 11 is 2.14. The van der Waals surface area contributed by atoms with Crippen molar-refractivity contribution in [2.24, 2.45) is 0 Å². The lowest BCUT2D eigenvalue weighted by atomic mass is 9.98. The Balaban J connectivity index is 1.61. The largest absolute Gasteiger partial charge is 0.316 e. The molecule has 17 heavy (non-hydrogen) atoms. The van der Waals surface area contributed by atoms with Gasteiger partial charge in [-0.1, -0.05) is 37.3 Å². The first kappa shape index (κ1) is 13.0. The minimum absolute atomic E-state index is 0.667. The van der Waals surface area contributed by atoms with Crippen molar-refractivity contribution in [1.82, 2.24) is 5.32 Å². The van der Waals surface area contributed by atoms with E-state index in [1.165, 1.54) is 37.1 Å². The van der Waals surface area contributed by atoms with E-state index < -0.39 is 0 Å². The van der Waals surface area contributed by atoms with Crippen LogP contribution in [0.1, 0.15) is 37.7 Å². The minimum atomic E-state index is 0.667. The molecule has 2 unspecified atom stereocenters. The molecule has 0 aliphatic carbocycles. The minimum Gasteiger partial charge on any atom is -0.316 e. The normalized spacial score (nSPS) is 21.6. The van der Waals surface area contributed by atoms with Crippen LogP contribution in [0.25, 0.3) is 0 Å². The smallest absolute Gasteiger partial charge is 0.0172 e. The Bertz CT molecular complexity index is 306. The predicted octanol–water partition coefficient (Wildman–Crippen LogP) is 3.67. The number of rotatable bonds is 6. The third-order valence-corrected chi connectivity index (χ3v) is 4.92. The van der Waals surface area contributed by atoms with Crippen molar-refractivity contribution in [2.75, 3.05) is 18.8 Å². The van der Waals surface area contributed by atoms with Crippen molar-refractivity contribution < 1.29 is 0 Å². The Morgan fingerprint density at radius 2 is 2.18 bits per heavy atom. The highest BCUT2D eigenvalue weighted by molar-refractivity contribution is 8.00. The highest BCUT2D eigenvalue weighted by Crippen LogP contribution is 2.25. The second-order valence-electron chi connectivity index (χ2n) is 4.94. The summed E-state index contributed by atoms with van der Waals surface area (Å²) in [4.78, 5) is 0. The molecule has 1 fully saturated rings. The maximum absolute atomic E-state index is 3.61. The van der Waals surface area contributed by atoms with Gasteiger partial charge in [0.25, 0.3) is 0 Å². The second kappa shape index (κ2) is 7.07. The summed E-state index contributed by atoms with van der Waals surface area (Å²) in [5, 5.41) is 4.48. The number of nitrogens with one attached hydrogen (secondary N) is 1. The van der Waals surface area contributed by atoms with Gasteiger partial charge in [-0.05, 0) is 43.0 Å². The van der Waals surface area contributed by atoms with Gasteiger partial charge in [-0.25, -0.2) is 0 Å². The molecule has 1 aromatic carbocycles. The lowest BCUT2D eigenvalue weighted by Gasteiger charge is -2.14. The molecule has 0 amide bonds. The van der Waals surface area contributed by atoms with Crippen LogP contribution in [0.15, 0.2) is 30.3 Å². The van der Waals surface area contributed by atoms with Crippen molar-refractivity contribution in [3.63, 3.8) is 0 Å². The second-order valence-corrected chi connectivity index (χ2v) is 6.35. The third kappa shape index (κ3) is 4.36. The average Bonchev–Trinajstić information content (AvgIpc) is 2.88. The van der Waals surface area contributed by atoms with Gasteiger partial charge in [-0.3, -0.25) is 0 Å². The Morgan fingerprint density at radius 1 is 1.35 bits per heavy atom. The van der Waals surface area contributed by atoms with Crippen LogP contribution in [0.4, 0.5) is 0 Å². The molecule has 0 aromatic heterocycles. The summed E-state index contributed by atoms with van der Waals surface area (Å²) in [5.41, 5.74) is 1.46. The molecule has 2 atom stereocenters. The van der Waals surface area contributed by atoms with Crippen molar-refractivity contribution >= 4 is 11.8 Å². The molecule has 1 saturated heterocycles. The fourth-order valence-electron chi connectivity index (χ4n) is 2.34. The van der Waals surface area contributed by atoms with Gasteiger partial charge in [0.2, 0.25) is 0 Å². The topological polar surface area (TPSA) is 12.0 Å². The van der Waals surface area contributed by atoms with Crippen molar-refractivity contribution in [3.8, 4) is 0 Å². The van der Waals surface area contributed by atoms with Gasteiger partial charge < -0.3 is 5.32 Å². The van der Waals surface area contributed by atoms with Gasteiger partial charge in [0, 0.05) is 11.8 Å². The Hall–Kier alpha value is -0.470. The quantitative estimate of drug-likeness (QED) is 0.772. The zero-order valence-corrected chi connectivity index (χ0v) is 11.5. The van der Waals surface area contributed by atoms with E-state index >= 15 is 0 Å². The molecular weight excluding hydrogens is 226 g/mol. The van der Waals surface area contributed by atoms with Crippen LogP contribution >= 0.6 is 11.8 Å². The third-order valence-electron chi connectivity index (χ3n) is 3.52. The molecule has 0 spiro atoms. The van der Waals surface area contributed by atoms with Crippen LogP contribution in [0.5, 0.6) is 0 Å². The van der Waals surface area contributed by atoms with Gasteiger partial charge in [-0.15, -0.1) is 0 Å². The molecule has 1 nitrogen and oxygen atoms in total. The van der Waals surface area contributed by atoms with Crippen LogP contribution < -0.4 is 5.32 Å². The molecule has 0 bridgehead atoms. The number of benzene rings is 1. The first-order chi connectivity index (χ1) is 8.36. The van der Waals surface area contributed by atoms with Crippen LogP contribution in [0.3, 0.4) is 0 Å². The molecule has 94 valence electrons. The summed E-state index contributed by atoms with van der Waals surface area (Å²) in [5.74, 6) is 2.03. The molecule has 1 heterocycles. The molecule has 1 aliphatic rings. The van der Waals surface area contributed by atoms with E-state index in [1.54, 1.807) is 0 Å². The molecular formula is C15H23NS. The molecule has 1 aliphatic heterocycles. The molecule has 1 aromatic rings. The number of hydrogen-bond acceptors (Lipinski definition) is 2. The van der Waals surface area contributed by atoms with E-state index in [1.807, 2.05) is 0 Å². The first-order valence-electron chi connectivity index (χ1n) is 6.73. The monoisotopic (exact) mass is 249 g/mol. The van der Waals surface area contributed by atoms with Gasteiger partial charge in [0.05, 0.1) is 0 Å². The lowest BCUT2D eigenvalue weighted by molar-refractivity contribution is 0.581. The van der Waals surface area contributed by atoms with Crippen LogP contribution in [-0.2, 0) is 0 Å². The van der Waals surface area contributed by atoms with Gasteiger partial charge >= 0.3 is 0 Å². The Kier molecular flexibility index (Phi) is 5.40. The summed E-state index contributed by atoms with van der Waals surface area (Å²) in [6, 6.07) is 10.8. The van der Waals surface area contributed by atoms with Gasteiger partial charge in [-0.2, -0.15) is 11.8 Å². The Labute approximate surface area is 109 Å². The van der Waals surface area contributed by atoms with E-state index in [0.29, 0.717) is 5.92 Å².